The van der Waals surface area contributed by atoms with Gasteiger partial charge in [0.2, 0.25) is 0 Å². The topological polar surface area (TPSA) is 29.9 Å². The molecule has 0 bridgehead atoms. The molecule has 3 nitrogen and oxygen atoms in total. The van der Waals surface area contributed by atoms with Gasteiger partial charge in [0.1, 0.15) is 0 Å². The average Bonchev–Trinajstić information content (AvgIpc) is 3.00. The van der Waals surface area contributed by atoms with Gasteiger partial charge in [-0.3, -0.25) is 4.68 Å². The molecule has 1 heterocycles. The number of hydrogen-bond donors (Lipinski definition) is 1. The summed E-state index contributed by atoms with van der Waals surface area (Å²) < 4.78 is 2.05. The zero-order valence-electron chi connectivity index (χ0n) is 10.7. The number of nitrogens with zero attached hydrogens (tertiary/aromatic N) is 2. The number of aromatic nitrogens is 2. The Labute approximate surface area is 98.2 Å². The van der Waals surface area contributed by atoms with Crippen LogP contribution in [0.1, 0.15) is 50.5 Å². The third-order valence-corrected chi connectivity index (χ3v) is 3.40. The standard InChI is InChI=1S/C13H23N3/c1-4-11-9-13(16(3)15-11)12(14-5-2)8-10-6-7-10/h9-10,12,14H,4-8H2,1-3H3. The molecule has 1 aromatic rings. The first-order chi connectivity index (χ1) is 7.74. The molecule has 16 heavy (non-hydrogen) atoms. The van der Waals surface area contributed by atoms with E-state index < -0.39 is 0 Å². The molecular formula is C13H23N3. The molecule has 1 saturated carbocycles. The summed E-state index contributed by atoms with van der Waals surface area (Å²) in [4.78, 5) is 0. The van der Waals surface area contributed by atoms with Gasteiger partial charge in [0, 0.05) is 13.1 Å². The summed E-state index contributed by atoms with van der Waals surface area (Å²) in [6.45, 7) is 5.37. The van der Waals surface area contributed by atoms with E-state index in [0.29, 0.717) is 6.04 Å². The molecule has 1 aliphatic carbocycles. The molecule has 1 unspecified atom stereocenters. The molecule has 1 aliphatic rings. The molecule has 0 aromatic carbocycles. The van der Waals surface area contributed by atoms with Crippen LogP contribution in [-0.2, 0) is 13.5 Å². The molecule has 0 saturated heterocycles. The van der Waals surface area contributed by atoms with E-state index in [9.17, 15) is 0 Å². The van der Waals surface area contributed by atoms with E-state index in [4.69, 9.17) is 0 Å². The van der Waals surface area contributed by atoms with Crippen LogP contribution < -0.4 is 5.32 Å². The molecule has 1 N–H and O–H groups in total. The Kier molecular flexibility index (Phi) is 3.64. The molecule has 1 fully saturated rings. The first-order valence-electron chi connectivity index (χ1n) is 6.50. The molecule has 2 rings (SSSR count). The Morgan fingerprint density at radius 1 is 1.50 bits per heavy atom. The SMILES string of the molecule is CCNC(CC1CC1)c1cc(CC)nn1C. The van der Waals surface area contributed by atoms with Crippen LogP contribution in [0, 0.1) is 5.92 Å². The zero-order chi connectivity index (χ0) is 11.5. The maximum absolute atomic E-state index is 4.54. The number of aryl methyl sites for hydroxylation is 2. The minimum Gasteiger partial charge on any atom is -0.309 e. The van der Waals surface area contributed by atoms with Gasteiger partial charge in [-0.05, 0) is 31.4 Å². The fourth-order valence-electron chi connectivity index (χ4n) is 2.28. The number of hydrogen-bond acceptors (Lipinski definition) is 2. The van der Waals surface area contributed by atoms with Crippen molar-refractivity contribution in [2.24, 2.45) is 13.0 Å². The van der Waals surface area contributed by atoms with Crippen LogP contribution in [0.4, 0.5) is 0 Å². The summed E-state index contributed by atoms with van der Waals surface area (Å²) in [6.07, 6.45) is 5.13. The summed E-state index contributed by atoms with van der Waals surface area (Å²) in [7, 11) is 2.06. The Hall–Kier alpha value is -0.830. The second kappa shape index (κ2) is 5.00. The highest BCUT2D eigenvalue weighted by atomic mass is 15.3. The van der Waals surface area contributed by atoms with E-state index in [1.807, 2.05) is 0 Å². The summed E-state index contributed by atoms with van der Waals surface area (Å²) in [6, 6.07) is 2.76. The molecule has 0 aliphatic heterocycles. The van der Waals surface area contributed by atoms with Crippen molar-refractivity contribution in [2.45, 2.75) is 45.6 Å². The maximum Gasteiger partial charge on any atom is 0.0625 e. The quantitative estimate of drug-likeness (QED) is 0.799. The van der Waals surface area contributed by atoms with Gasteiger partial charge < -0.3 is 5.32 Å². The van der Waals surface area contributed by atoms with Crippen molar-refractivity contribution in [3.63, 3.8) is 0 Å². The van der Waals surface area contributed by atoms with Crippen LogP contribution in [-0.4, -0.2) is 16.3 Å². The van der Waals surface area contributed by atoms with Crippen LogP contribution in [0.3, 0.4) is 0 Å². The maximum atomic E-state index is 4.54. The smallest absolute Gasteiger partial charge is 0.0625 e. The van der Waals surface area contributed by atoms with Crippen molar-refractivity contribution in [3.05, 3.63) is 17.5 Å². The largest absolute Gasteiger partial charge is 0.309 e. The van der Waals surface area contributed by atoms with Crippen LogP contribution in [0.25, 0.3) is 0 Å². The van der Waals surface area contributed by atoms with Crippen molar-refractivity contribution >= 4 is 0 Å². The summed E-state index contributed by atoms with van der Waals surface area (Å²) in [5.41, 5.74) is 2.56. The van der Waals surface area contributed by atoms with Gasteiger partial charge in [-0.2, -0.15) is 5.10 Å². The minimum absolute atomic E-state index is 0.496. The predicted octanol–water partition coefficient (Wildman–Crippen LogP) is 2.43. The fraction of sp³-hybridized carbons (Fsp3) is 0.769. The fourth-order valence-corrected chi connectivity index (χ4v) is 2.28. The van der Waals surface area contributed by atoms with Gasteiger partial charge in [-0.15, -0.1) is 0 Å². The lowest BCUT2D eigenvalue weighted by molar-refractivity contribution is 0.457. The third-order valence-electron chi connectivity index (χ3n) is 3.40. The normalized spacial score (nSPS) is 17.7. The summed E-state index contributed by atoms with van der Waals surface area (Å²) >= 11 is 0. The number of nitrogens with one attached hydrogen (secondary N) is 1. The minimum atomic E-state index is 0.496. The molecule has 90 valence electrons. The van der Waals surface area contributed by atoms with Crippen molar-refractivity contribution < 1.29 is 0 Å². The van der Waals surface area contributed by atoms with Crippen molar-refractivity contribution in [1.82, 2.24) is 15.1 Å². The molecule has 0 radical (unpaired) electrons. The third kappa shape index (κ3) is 2.64. The van der Waals surface area contributed by atoms with Gasteiger partial charge in [0.05, 0.1) is 11.4 Å². The molecular weight excluding hydrogens is 198 g/mol. The highest BCUT2D eigenvalue weighted by Crippen LogP contribution is 2.37. The molecule has 0 amide bonds. The predicted molar refractivity (Wildman–Crippen MR) is 66.3 cm³/mol. The van der Waals surface area contributed by atoms with E-state index in [1.165, 1.54) is 30.7 Å². The van der Waals surface area contributed by atoms with Crippen molar-refractivity contribution in [2.75, 3.05) is 6.54 Å². The number of rotatable bonds is 6. The highest BCUT2D eigenvalue weighted by molar-refractivity contribution is 5.14. The van der Waals surface area contributed by atoms with E-state index >= 15 is 0 Å². The van der Waals surface area contributed by atoms with E-state index in [1.54, 1.807) is 0 Å². The van der Waals surface area contributed by atoms with Gasteiger partial charge in [-0.1, -0.05) is 26.7 Å². The highest BCUT2D eigenvalue weighted by Gasteiger charge is 2.27. The van der Waals surface area contributed by atoms with Crippen LogP contribution in [0.15, 0.2) is 6.07 Å². The Morgan fingerprint density at radius 3 is 2.75 bits per heavy atom. The van der Waals surface area contributed by atoms with Crippen molar-refractivity contribution in [3.8, 4) is 0 Å². The zero-order valence-corrected chi connectivity index (χ0v) is 10.7. The molecule has 1 atom stereocenters. The lowest BCUT2D eigenvalue weighted by Gasteiger charge is -2.17. The first-order valence-corrected chi connectivity index (χ1v) is 6.50. The van der Waals surface area contributed by atoms with Crippen LogP contribution in [0.5, 0.6) is 0 Å². The lowest BCUT2D eigenvalue weighted by Crippen LogP contribution is -2.23. The van der Waals surface area contributed by atoms with Crippen LogP contribution in [0.2, 0.25) is 0 Å². The molecule has 3 heteroatoms. The summed E-state index contributed by atoms with van der Waals surface area (Å²) in [5, 5.41) is 8.12. The van der Waals surface area contributed by atoms with Gasteiger partial charge in [0.15, 0.2) is 0 Å². The Bertz CT molecular complexity index is 339. The van der Waals surface area contributed by atoms with E-state index in [2.05, 4.69) is 42.1 Å². The lowest BCUT2D eigenvalue weighted by atomic mass is 10.1. The van der Waals surface area contributed by atoms with Gasteiger partial charge in [0.25, 0.3) is 0 Å². The van der Waals surface area contributed by atoms with E-state index in [0.717, 1.165) is 18.9 Å². The second-order valence-corrected chi connectivity index (χ2v) is 4.83. The molecule has 1 aromatic heterocycles. The van der Waals surface area contributed by atoms with Crippen LogP contribution >= 0.6 is 0 Å². The Morgan fingerprint density at radius 2 is 2.25 bits per heavy atom. The Balaban J connectivity index is 2.11. The summed E-state index contributed by atoms with van der Waals surface area (Å²) in [5.74, 6) is 0.948. The average molecular weight is 221 g/mol. The first kappa shape index (κ1) is 11.6. The van der Waals surface area contributed by atoms with Gasteiger partial charge >= 0.3 is 0 Å². The van der Waals surface area contributed by atoms with Gasteiger partial charge in [-0.25, -0.2) is 0 Å². The van der Waals surface area contributed by atoms with E-state index in [-0.39, 0.29) is 0 Å². The van der Waals surface area contributed by atoms with Crippen molar-refractivity contribution in [1.29, 1.82) is 0 Å². The second-order valence-electron chi connectivity index (χ2n) is 4.83. The monoisotopic (exact) mass is 221 g/mol. The molecule has 0 spiro atoms.